The minimum Gasteiger partial charge on any atom is -0.429 e. The Morgan fingerprint density at radius 1 is 1.39 bits per heavy atom. The van der Waals surface area contributed by atoms with Gasteiger partial charge in [0.15, 0.2) is 0 Å². The lowest BCUT2D eigenvalue weighted by molar-refractivity contribution is 0.469. The van der Waals surface area contributed by atoms with Crippen molar-refractivity contribution >= 4 is 22.9 Å². The lowest BCUT2D eigenvalue weighted by Crippen LogP contribution is -2.11. The van der Waals surface area contributed by atoms with E-state index in [0.717, 1.165) is 17.1 Å². The number of rotatable bonds is 5. The predicted molar refractivity (Wildman–Crippen MR) is 73.6 cm³/mol. The van der Waals surface area contributed by atoms with Gasteiger partial charge in [-0.05, 0) is 31.2 Å². The standard InChI is InChI=1S/C12H14ClN3OS/c1-3-14-7-11-15-16-12(18-11)17-10-6-9(13)5-4-8(10)2/h4-6,14H,3,7H2,1-2H3. The Hall–Kier alpha value is -1.17. The third kappa shape index (κ3) is 3.41. The summed E-state index contributed by atoms with van der Waals surface area (Å²) in [6, 6.07) is 5.53. The van der Waals surface area contributed by atoms with Crippen LogP contribution in [0.15, 0.2) is 18.2 Å². The van der Waals surface area contributed by atoms with E-state index < -0.39 is 0 Å². The van der Waals surface area contributed by atoms with Crippen LogP contribution in [0.1, 0.15) is 17.5 Å². The molecule has 2 rings (SSSR count). The first-order valence-electron chi connectivity index (χ1n) is 5.66. The molecule has 1 aromatic heterocycles. The molecule has 0 amide bonds. The molecular weight excluding hydrogens is 270 g/mol. The molecule has 0 fully saturated rings. The van der Waals surface area contributed by atoms with Gasteiger partial charge in [0, 0.05) is 11.6 Å². The molecule has 0 aliphatic rings. The van der Waals surface area contributed by atoms with Gasteiger partial charge in [0.25, 0.3) is 5.19 Å². The molecule has 1 aromatic carbocycles. The van der Waals surface area contributed by atoms with Crippen LogP contribution in [0.5, 0.6) is 10.9 Å². The molecule has 0 radical (unpaired) electrons. The molecule has 0 aliphatic heterocycles. The number of nitrogens with zero attached hydrogens (tertiary/aromatic N) is 2. The van der Waals surface area contributed by atoms with Crippen molar-refractivity contribution in [2.24, 2.45) is 0 Å². The number of hydrogen-bond donors (Lipinski definition) is 1. The van der Waals surface area contributed by atoms with Gasteiger partial charge >= 0.3 is 0 Å². The predicted octanol–water partition coefficient (Wildman–Crippen LogP) is 3.40. The van der Waals surface area contributed by atoms with Crippen molar-refractivity contribution < 1.29 is 4.74 Å². The van der Waals surface area contributed by atoms with E-state index in [9.17, 15) is 0 Å². The Morgan fingerprint density at radius 2 is 2.22 bits per heavy atom. The van der Waals surface area contributed by atoms with Gasteiger partial charge in [0.05, 0.1) is 0 Å². The summed E-state index contributed by atoms with van der Waals surface area (Å²) in [5, 5.41) is 13.3. The van der Waals surface area contributed by atoms with Crippen molar-refractivity contribution in [3.05, 3.63) is 33.8 Å². The molecule has 2 aromatic rings. The average Bonchev–Trinajstić information content (AvgIpc) is 2.79. The van der Waals surface area contributed by atoms with Crippen LogP contribution in [0.3, 0.4) is 0 Å². The second-order valence-corrected chi connectivity index (χ2v) is 5.21. The number of aromatic nitrogens is 2. The molecule has 0 unspecified atom stereocenters. The quantitative estimate of drug-likeness (QED) is 0.913. The fourth-order valence-corrected chi connectivity index (χ4v) is 2.19. The third-order valence-electron chi connectivity index (χ3n) is 2.32. The second kappa shape index (κ2) is 6.13. The second-order valence-electron chi connectivity index (χ2n) is 3.75. The number of aryl methyl sites for hydroxylation is 1. The minimum absolute atomic E-state index is 0.535. The van der Waals surface area contributed by atoms with E-state index in [4.69, 9.17) is 16.3 Å². The van der Waals surface area contributed by atoms with Crippen LogP contribution < -0.4 is 10.1 Å². The molecule has 1 heterocycles. The highest BCUT2D eigenvalue weighted by Crippen LogP contribution is 2.29. The fourth-order valence-electron chi connectivity index (χ4n) is 1.36. The first kappa shape index (κ1) is 13.3. The molecule has 96 valence electrons. The van der Waals surface area contributed by atoms with Gasteiger partial charge in [0.2, 0.25) is 0 Å². The van der Waals surface area contributed by atoms with Crippen LogP contribution in [-0.4, -0.2) is 16.7 Å². The maximum absolute atomic E-state index is 5.93. The summed E-state index contributed by atoms with van der Waals surface area (Å²) in [7, 11) is 0. The molecule has 0 bridgehead atoms. The lowest BCUT2D eigenvalue weighted by Gasteiger charge is -2.04. The minimum atomic E-state index is 0.535. The summed E-state index contributed by atoms with van der Waals surface area (Å²) in [5.41, 5.74) is 1.02. The van der Waals surface area contributed by atoms with E-state index >= 15 is 0 Å². The van der Waals surface area contributed by atoms with Gasteiger partial charge in [-0.1, -0.05) is 41.0 Å². The molecule has 6 heteroatoms. The molecule has 0 aliphatic carbocycles. The molecule has 0 spiro atoms. The summed E-state index contributed by atoms with van der Waals surface area (Å²) < 4.78 is 5.68. The molecule has 18 heavy (non-hydrogen) atoms. The first-order valence-corrected chi connectivity index (χ1v) is 6.85. The molecule has 4 nitrogen and oxygen atoms in total. The maximum atomic E-state index is 5.93. The van der Waals surface area contributed by atoms with Gasteiger partial charge in [-0.15, -0.1) is 5.10 Å². The van der Waals surface area contributed by atoms with Crippen LogP contribution in [-0.2, 0) is 6.54 Å². The first-order chi connectivity index (χ1) is 8.69. The summed E-state index contributed by atoms with van der Waals surface area (Å²) in [5.74, 6) is 0.716. The largest absolute Gasteiger partial charge is 0.429 e. The summed E-state index contributed by atoms with van der Waals surface area (Å²) in [4.78, 5) is 0. The highest BCUT2D eigenvalue weighted by Gasteiger charge is 2.08. The van der Waals surface area contributed by atoms with Crippen molar-refractivity contribution in [1.29, 1.82) is 0 Å². The van der Waals surface area contributed by atoms with Crippen LogP contribution in [0, 0.1) is 6.92 Å². The highest BCUT2D eigenvalue weighted by atomic mass is 35.5. The number of benzene rings is 1. The summed E-state index contributed by atoms with van der Waals surface area (Å²) in [6.07, 6.45) is 0. The Labute approximate surface area is 115 Å². The zero-order valence-electron chi connectivity index (χ0n) is 10.2. The van der Waals surface area contributed by atoms with Crippen molar-refractivity contribution in [1.82, 2.24) is 15.5 Å². The van der Waals surface area contributed by atoms with Crippen molar-refractivity contribution in [2.45, 2.75) is 20.4 Å². The average molecular weight is 284 g/mol. The van der Waals surface area contributed by atoms with Crippen LogP contribution in [0.4, 0.5) is 0 Å². The van der Waals surface area contributed by atoms with Gasteiger partial charge in [-0.2, -0.15) is 0 Å². The summed E-state index contributed by atoms with van der Waals surface area (Å²) in [6.45, 7) is 5.63. The van der Waals surface area contributed by atoms with E-state index in [1.807, 2.05) is 26.0 Å². The van der Waals surface area contributed by atoms with E-state index in [1.165, 1.54) is 11.3 Å². The number of halogens is 1. The van der Waals surface area contributed by atoms with E-state index in [1.54, 1.807) is 6.07 Å². The molecule has 0 saturated heterocycles. The topological polar surface area (TPSA) is 47.0 Å². The fraction of sp³-hybridized carbons (Fsp3) is 0.333. The van der Waals surface area contributed by atoms with Crippen molar-refractivity contribution in [2.75, 3.05) is 6.54 Å². The number of nitrogens with one attached hydrogen (secondary N) is 1. The Kier molecular flexibility index (Phi) is 4.52. The smallest absolute Gasteiger partial charge is 0.299 e. The SMILES string of the molecule is CCNCc1nnc(Oc2cc(Cl)ccc2C)s1. The Balaban J connectivity index is 2.08. The Morgan fingerprint density at radius 3 is 3.00 bits per heavy atom. The lowest BCUT2D eigenvalue weighted by atomic mass is 10.2. The van der Waals surface area contributed by atoms with Crippen LogP contribution in [0.2, 0.25) is 5.02 Å². The van der Waals surface area contributed by atoms with E-state index in [0.29, 0.717) is 22.5 Å². The monoisotopic (exact) mass is 283 g/mol. The van der Waals surface area contributed by atoms with E-state index in [2.05, 4.69) is 15.5 Å². The molecule has 0 atom stereocenters. The number of ether oxygens (including phenoxy) is 1. The summed E-state index contributed by atoms with van der Waals surface area (Å²) >= 11 is 7.37. The van der Waals surface area contributed by atoms with Crippen LogP contribution in [0.25, 0.3) is 0 Å². The maximum Gasteiger partial charge on any atom is 0.299 e. The zero-order valence-corrected chi connectivity index (χ0v) is 11.8. The normalized spacial score (nSPS) is 10.6. The highest BCUT2D eigenvalue weighted by molar-refractivity contribution is 7.13. The third-order valence-corrected chi connectivity index (χ3v) is 3.36. The van der Waals surface area contributed by atoms with Crippen molar-refractivity contribution in [3.63, 3.8) is 0 Å². The van der Waals surface area contributed by atoms with Gasteiger partial charge in [-0.25, -0.2) is 0 Å². The Bertz CT molecular complexity index is 530. The molecule has 1 N–H and O–H groups in total. The molecular formula is C12H14ClN3OS. The van der Waals surface area contributed by atoms with Gasteiger partial charge in [-0.3, -0.25) is 0 Å². The molecule has 0 saturated carbocycles. The van der Waals surface area contributed by atoms with E-state index in [-0.39, 0.29) is 0 Å². The zero-order chi connectivity index (χ0) is 13.0. The van der Waals surface area contributed by atoms with Crippen LogP contribution >= 0.6 is 22.9 Å². The number of hydrogen-bond acceptors (Lipinski definition) is 5. The van der Waals surface area contributed by atoms with Gasteiger partial charge in [0.1, 0.15) is 10.8 Å². The van der Waals surface area contributed by atoms with Gasteiger partial charge < -0.3 is 10.1 Å². The van der Waals surface area contributed by atoms with Crippen molar-refractivity contribution in [3.8, 4) is 10.9 Å².